The molecule has 2 aliphatic rings. The molecule has 3 heterocycles. The van der Waals surface area contributed by atoms with E-state index in [0.717, 1.165) is 55.7 Å². The van der Waals surface area contributed by atoms with Crippen LogP contribution in [0.3, 0.4) is 0 Å². The van der Waals surface area contributed by atoms with Gasteiger partial charge in [0, 0.05) is 44.9 Å². The number of benzene rings is 7. The Labute approximate surface area is 324 Å². The number of hydrogen-bond donors (Lipinski definition) is 0. The van der Waals surface area contributed by atoms with E-state index in [1.54, 1.807) is 0 Å². The van der Waals surface area contributed by atoms with Crippen LogP contribution in [-0.2, 0) is 0 Å². The van der Waals surface area contributed by atoms with Gasteiger partial charge in [-0.3, -0.25) is 0 Å². The van der Waals surface area contributed by atoms with Gasteiger partial charge in [-0.25, -0.2) is 15.0 Å². The first-order valence-electron chi connectivity index (χ1n) is 19.0. The van der Waals surface area contributed by atoms with E-state index in [1.807, 2.05) is 36.4 Å². The van der Waals surface area contributed by atoms with E-state index in [-0.39, 0.29) is 12.0 Å². The summed E-state index contributed by atoms with van der Waals surface area (Å²) in [4.78, 5) is 17.4. The molecule has 0 saturated heterocycles. The Morgan fingerprint density at radius 2 is 0.982 bits per heavy atom. The molecule has 264 valence electrons. The third kappa shape index (κ3) is 5.44. The molecule has 0 N–H and O–H groups in total. The molecule has 5 heteroatoms. The number of hydrogen-bond acceptors (Lipinski definition) is 5. The van der Waals surface area contributed by atoms with Gasteiger partial charge in [0.05, 0.1) is 6.04 Å². The molecular weight excluding hydrogens is 685 g/mol. The maximum atomic E-state index is 6.62. The summed E-state index contributed by atoms with van der Waals surface area (Å²) in [6.07, 6.45) is 4.47. The van der Waals surface area contributed by atoms with Gasteiger partial charge in [0.1, 0.15) is 11.3 Å². The number of aromatic nitrogens is 3. The Kier molecular flexibility index (Phi) is 7.56. The molecule has 2 atom stereocenters. The topological polar surface area (TPSA) is 55.1 Å². The van der Waals surface area contributed by atoms with E-state index in [0.29, 0.717) is 17.5 Å². The van der Waals surface area contributed by atoms with E-state index >= 15 is 0 Å². The fourth-order valence-electron chi connectivity index (χ4n) is 8.46. The maximum Gasteiger partial charge on any atom is 0.164 e. The van der Waals surface area contributed by atoms with Gasteiger partial charge in [-0.05, 0) is 64.2 Å². The summed E-state index contributed by atoms with van der Waals surface area (Å²) < 4.78 is 6.62. The normalized spacial score (nSPS) is 15.4. The average molecular weight is 719 g/mol. The van der Waals surface area contributed by atoms with Gasteiger partial charge in [-0.2, -0.15) is 0 Å². The van der Waals surface area contributed by atoms with Crippen LogP contribution < -0.4 is 4.90 Å². The van der Waals surface area contributed by atoms with Gasteiger partial charge in [-0.15, -0.1) is 0 Å². The van der Waals surface area contributed by atoms with E-state index in [2.05, 4.69) is 163 Å². The minimum Gasteiger partial charge on any atom is -0.456 e. The standard InChI is InChI=1S/C51H34N4O/c1-4-13-33(14-5-1)37-17-12-18-39(31-37)51-53-49(35-15-6-2-7-16-35)52-50(54-51)36-25-23-34(24-26-36)38-27-28-42-46(32-38)56-45-30-29-44-47(48(42)45)41-21-10-11-22-43(41)55(44)40-19-8-3-9-20-40/h1-32,44,47H. The number of furan rings is 1. The molecule has 1 aliphatic carbocycles. The molecule has 0 bridgehead atoms. The van der Waals surface area contributed by atoms with Crippen molar-refractivity contribution in [3.63, 3.8) is 0 Å². The largest absolute Gasteiger partial charge is 0.456 e. The number of anilines is 2. The first-order chi connectivity index (χ1) is 27.7. The van der Waals surface area contributed by atoms with E-state index in [4.69, 9.17) is 19.4 Å². The monoisotopic (exact) mass is 718 g/mol. The lowest BCUT2D eigenvalue weighted by molar-refractivity contribution is 0.584. The van der Waals surface area contributed by atoms with E-state index < -0.39 is 0 Å². The third-order valence-electron chi connectivity index (χ3n) is 11.1. The summed E-state index contributed by atoms with van der Waals surface area (Å²) in [6.45, 7) is 0. The molecule has 9 aromatic rings. The first-order valence-corrected chi connectivity index (χ1v) is 19.0. The molecule has 5 nitrogen and oxygen atoms in total. The van der Waals surface area contributed by atoms with Crippen molar-refractivity contribution in [1.29, 1.82) is 0 Å². The molecule has 0 amide bonds. The molecule has 0 radical (unpaired) electrons. The molecule has 0 spiro atoms. The molecule has 1 aliphatic heterocycles. The molecule has 7 aromatic carbocycles. The van der Waals surface area contributed by atoms with Crippen molar-refractivity contribution < 1.29 is 4.42 Å². The van der Waals surface area contributed by atoms with Crippen molar-refractivity contribution in [3.05, 3.63) is 205 Å². The molecule has 56 heavy (non-hydrogen) atoms. The number of nitrogens with zero attached hydrogens (tertiary/aromatic N) is 4. The number of rotatable bonds is 6. The molecule has 0 fully saturated rings. The summed E-state index contributed by atoms with van der Waals surface area (Å²) >= 11 is 0. The van der Waals surface area contributed by atoms with Crippen molar-refractivity contribution in [2.75, 3.05) is 4.90 Å². The van der Waals surface area contributed by atoms with Crippen molar-refractivity contribution in [1.82, 2.24) is 15.0 Å². The van der Waals surface area contributed by atoms with Crippen LogP contribution in [-0.4, -0.2) is 21.0 Å². The predicted molar refractivity (Wildman–Crippen MR) is 226 cm³/mol. The quantitative estimate of drug-likeness (QED) is 0.171. The molecule has 0 saturated carbocycles. The van der Waals surface area contributed by atoms with Gasteiger partial charge in [0.25, 0.3) is 0 Å². The molecule has 11 rings (SSSR count). The SMILES string of the molecule is C1=CC2C(c3ccccc3N2c2ccccc2)c2c1oc1cc(-c3ccc(-c4nc(-c5ccccc5)nc(-c5cccc(-c6ccccc6)c5)n4)cc3)ccc21. The minimum absolute atomic E-state index is 0.168. The second kappa shape index (κ2) is 13.2. The maximum absolute atomic E-state index is 6.62. The van der Waals surface area contributed by atoms with Gasteiger partial charge < -0.3 is 9.32 Å². The van der Waals surface area contributed by atoms with Crippen molar-refractivity contribution >= 4 is 28.4 Å². The summed E-state index contributed by atoms with van der Waals surface area (Å²) in [5.41, 5.74) is 13.2. The smallest absolute Gasteiger partial charge is 0.164 e. The number of para-hydroxylation sites is 2. The Morgan fingerprint density at radius 3 is 1.73 bits per heavy atom. The Morgan fingerprint density at radius 1 is 0.446 bits per heavy atom. The van der Waals surface area contributed by atoms with Gasteiger partial charge in [-0.1, -0.05) is 158 Å². The Bertz CT molecular complexity index is 2920. The predicted octanol–water partition coefficient (Wildman–Crippen LogP) is 12.6. The third-order valence-corrected chi connectivity index (χ3v) is 11.1. The van der Waals surface area contributed by atoms with E-state index in [1.165, 1.54) is 22.5 Å². The second-order valence-corrected chi connectivity index (χ2v) is 14.4. The highest BCUT2D eigenvalue weighted by molar-refractivity contribution is 5.92. The van der Waals surface area contributed by atoms with Crippen LogP contribution in [0, 0.1) is 0 Å². The minimum atomic E-state index is 0.168. The lowest BCUT2D eigenvalue weighted by Crippen LogP contribution is -2.30. The van der Waals surface area contributed by atoms with E-state index in [9.17, 15) is 0 Å². The highest BCUT2D eigenvalue weighted by Gasteiger charge is 2.43. The number of fused-ring (bicyclic) bond motifs is 7. The highest BCUT2D eigenvalue weighted by Crippen LogP contribution is 2.53. The Balaban J connectivity index is 0.943. The van der Waals surface area contributed by atoms with Crippen LogP contribution in [0.4, 0.5) is 11.4 Å². The second-order valence-electron chi connectivity index (χ2n) is 14.4. The summed E-state index contributed by atoms with van der Waals surface area (Å²) in [5.74, 6) is 3.01. The van der Waals surface area contributed by atoms with Crippen molar-refractivity contribution in [3.8, 4) is 56.4 Å². The average Bonchev–Trinajstić information content (AvgIpc) is 3.82. The molecule has 2 unspecified atom stereocenters. The van der Waals surface area contributed by atoms with Crippen LogP contribution in [0.5, 0.6) is 0 Å². The summed E-state index contributed by atoms with van der Waals surface area (Å²) in [7, 11) is 0. The Hall–Kier alpha value is -7.37. The molecule has 2 aromatic heterocycles. The zero-order valence-electron chi connectivity index (χ0n) is 30.3. The van der Waals surface area contributed by atoms with Gasteiger partial charge >= 0.3 is 0 Å². The fraction of sp³-hybridized carbons (Fsp3) is 0.0392. The van der Waals surface area contributed by atoms with Crippen molar-refractivity contribution in [2.45, 2.75) is 12.0 Å². The lowest BCUT2D eigenvalue weighted by atomic mass is 9.82. The van der Waals surface area contributed by atoms with Crippen LogP contribution in [0.2, 0.25) is 0 Å². The zero-order chi connectivity index (χ0) is 37.0. The fourth-order valence-corrected chi connectivity index (χ4v) is 8.46. The summed E-state index contributed by atoms with van der Waals surface area (Å²) in [6, 6.07) is 63.6. The van der Waals surface area contributed by atoms with Crippen LogP contribution >= 0.6 is 0 Å². The lowest BCUT2D eigenvalue weighted by Gasteiger charge is -2.30. The van der Waals surface area contributed by atoms with Crippen LogP contribution in [0.25, 0.3) is 73.5 Å². The highest BCUT2D eigenvalue weighted by atomic mass is 16.3. The van der Waals surface area contributed by atoms with Crippen LogP contribution in [0.15, 0.2) is 192 Å². The summed E-state index contributed by atoms with van der Waals surface area (Å²) in [5, 5.41) is 1.16. The van der Waals surface area contributed by atoms with Crippen molar-refractivity contribution in [2.24, 2.45) is 0 Å². The zero-order valence-corrected chi connectivity index (χ0v) is 30.3. The van der Waals surface area contributed by atoms with Gasteiger partial charge in [0.15, 0.2) is 17.5 Å². The van der Waals surface area contributed by atoms with Gasteiger partial charge in [0.2, 0.25) is 0 Å². The molecular formula is C51H34N4O. The van der Waals surface area contributed by atoms with Crippen LogP contribution in [0.1, 0.15) is 22.8 Å². The first kappa shape index (κ1) is 32.1.